The molecule has 1 aliphatic heterocycles. The molecule has 0 unspecified atom stereocenters. The number of rotatable bonds is 6. The van der Waals surface area contributed by atoms with Crippen molar-refractivity contribution in [3.63, 3.8) is 0 Å². The first kappa shape index (κ1) is 16.2. The molecule has 2 aliphatic rings. The van der Waals surface area contributed by atoms with Gasteiger partial charge in [0.25, 0.3) is 5.91 Å². The van der Waals surface area contributed by atoms with E-state index in [0.29, 0.717) is 32.7 Å². The maximum atomic E-state index is 12.5. The zero-order valence-electron chi connectivity index (χ0n) is 12.7. The molecule has 0 atom stereocenters. The molecular formula is C15H25NO5. The van der Waals surface area contributed by atoms with Crippen molar-refractivity contribution < 1.29 is 24.2 Å². The van der Waals surface area contributed by atoms with Gasteiger partial charge in [0.15, 0.2) is 0 Å². The summed E-state index contributed by atoms with van der Waals surface area (Å²) in [6.45, 7) is 3.38. The molecular weight excluding hydrogens is 274 g/mol. The number of carboxylic acids is 1. The third kappa shape index (κ3) is 3.37. The van der Waals surface area contributed by atoms with Crippen LogP contribution >= 0.6 is 0 Å². The molecule has 0 spiro atoms. The molecule has 1 aliphatic carbocycles. The lowest BCUT2D eigenvalue weighted by atomic mass is 9.80. The van der Waals surface area contributed by atoms with Gasteiger partial charge in [-0.1, -0.05) is 0 Å². The summed E-state index contributed by atoms with van der Waals surface area (Å²) in [6.07, 6.45) is 4.26. The van der Waals surface area contributed by atoms with E-state index < -0.39 is 17.0 Å². The summed E-state index contributed by atoms with van der Waals surface area (Å²) in [5.41, 5.74) is -1.65. The lowest BCUT2D eigenvalue weighted by Crippen LogP contribution is -2.52. The van der Waals surface area contributed by atoms with Crippen molar-refractivity contribution in [2.24, 2.45) is 5.41 Å². The van der Waals surface area contributed by atoms with Crippen molar-refractivity contribution >= 4 is 11.9 Å². The van der Waals surface area contributed by atoms with Crippen LogP contribution in [-0.2, 0) is 19.1 Å². The number of nitrogens with one attached hydrogen (secondary N) is 1. The summed E-state index contributed by atoms with van der Waals surface area (Å²) in [6, 6.07) is 0. The van der Waals surface area contributed by atoms with E-state index in [9.17, 15) is 14.7 Å². The third-order valence-corrected chi connectivity index (χ3v) is 4.74. The smallest absolute Gasteiger partial charge is 0.311 e. The second-order valence-electron chi connectivity index (χ2n) is 6.01. The number of aliphatic carboxylic acids is 1. The van der Waals surface area contributed by atoms with Gasteiger partial charge in [0.05, 0.1) is 5.41 Å². The first-order valence-electron chi connectivity index (χ1n) is 7.78. The molecule has 120 valence electrons. The molecule has 2 fully saturated rings. The van der Waals surface area contributed by atoms with Gasteiger partial charge in [-0.05, 0) is 45.4 Å². The topological polar surface area (TPSA) is 84.9 Å². The Hall–Kier alpha value is -1.14. The molecule has 0 aromatic rings. The highest BCUT2D eigenvalue weighted by molar-refractivity contribution is 5.86. The van der Waals surface area contributed by atoms with Gasteiger partial charge < -0.3 is 19.9 Å². The first-order valence-corrected chi connectivity index (χ1v) is 7.78. The predicted molar refractivity (Wildman–Crippen MR) is 76.0 cm³/mol. The van der Waals surface area contributed by atoms with Gasteiger partial charge in [0.1, 0.15) is 5.60 Å². The van der Waals surface area contributed by atoms with E-state index in [0.717, 1.165) is 25.7 Å². The van der Waals surface area contributed by atoms with Crippen molar-refractivity contribution in [3.8, 4) is 0 Å². The van der Waals surface area contributed by atoms with Crippen LogP contribution < -0.4 is 5.32 Å². The van der Waals surface area contributed by atoms with Crippen LogP contribution in [0.2, 0.25) is 0 Å². The lowest BCUT2D eigenvalue weighted by molar-refractivity contribution is -0.156. The molecule has 1 saturated heterocycles. The Morgan fingerprint density at radius 2 is 1.81 bits per heavy atom. The number of carbonyl (C=O) groups is 2. The van der Waals surface area contributed by atoms with Crippen LogP contribution in [0.4, 0.5) is 0 Å². The predicted octanol–water partition coefficient (Wildman–Crippen LogP) is 1.33. The summed E-state index contributed by atoms with van der Waals surface area (Å²) in [5.74, 6) is -1.02. The SMILES string of the molecule is CCOC1(C(=O)NCC2(C(=O)O)CCOCC2)CCCC1. The standard InChI is InChI=1S/C15H25NO5/c1-2-21-15(5-3-4-6-15)12(17)16-11-14(13(18)19)7-9-20-10-8-14/h2-11H2,1H3,(H,16,17)(H,18,19). The summed E-state index contributed by atoms with van der Waals surface area (Å²) < 4.78 is 10.9. The van der Waals surface area contributed by atoms with Crippen molar-refractivity contribution in [2.45, 2.75) is 51.0 Å². The molecule has 0 aromatic carbocycles. The van der Waals surface area contributed by atoms with Gasteiger partial charge in [-0.3, -0.25) is 9.59 Å². The highest BCUT2D eigenvalue weighted by Gasteiger charge is 2.45. The monoisotopic (exact) mass is 299 g/mol. The number of ether oxygens (including phenoxy) is 2. The van der Waals surface area contributed by atoms with E-state index in [4.69, 9.17) is 9.47 Å². The molecule has 21 heavy (non-hydrogen) atoms. The van der Waals surface area contributed by atoms with Crippen molar-refractivity contribution in [1.29, 1.82) is 0 Å². The Morgan fingerprint density at radius 1 is 1.19 bits per heavy atom. The molecule has 1 heterocycles. The van der Waals surface area contributed by atoms with Gasteiger partial charge in [0.2, 0.25) is 0 Å². The average molecular weight is 299 g/mol. The Bertz CT molecular complexity index is 384. The van der Waals surface area contributed by atoms with Gasteiger partial charge in [0, 0.05) is 26.4 Å². The van der Waals surface area contributed by atoms with Crippen LogP contribution in [0.15, 0.2) is 0 Å². The Kier molecular flexibility index (Phi) is 5.22. The van der Waals surface area contributed by atoms with Gasteiger partial charge in [-0.15, -0.1) is 0 Å². The number of carboxylic acid groups (broad SMARTS) is 1. The minimum Gasteiger partial charge on any atom is -0.481 e. The minimum atomic E-state index is -0.903. The highest BCUT2D eigenvalue weighted by atomic mass is 16.5. The van der Waals surface area contributed by atoms with Gasteiger partial charge in [-0.2, -0.15) is 0 Å². The van der Waals surface area contributed by atoms with Crippen molar-refractivity contribution in [2.75, 3.05) is 26.4 Å². The van der Waals surface area contributed by atoms with E-state index in [1.54, 1.807) is 0 Å². The summed E-state index contributed by atoms with van der Waals surface area (Å²) in [4.78, 5) is 24.1. The molecule has 6 nitrogen and oxygen atoms in total. The van der Waals surface area contributed by atoms with Crippen LogP contribution in [0, 0.1) is 5.41 Å². The maximum absolute atomic E-state index is 12.5. The van der Waals surface area contributed by atoms with E-state index in [1.165, 1.54) is 0 Å². The summed E-state index contributed by atoms with van der Waals surface area (Å²) in [5, 5.41) is 12.3. The van der Waals surface area contributed by atoms with Crippen LogP contribution in [0.25, 0.3) is 0 Å². The molecule has 0 radical (unpaired) electrons. The molecule has 0 bridgehead atoms. The van der Waals surface area contributed by atoms with Gasteiger partial charge in [-0.25, -0.2) is 0 Å². The van der Waals surface area contributed by atoms with Crippen LogP contribution in [0.3, 0.4) is 0 Å². The Balaban J connectivity index is 1.99. The zero-order chi connectivity index (χ0) is 15.3. The molecule has 1 saturated carbocycles. The van der Waals surface area contributed by atoms with Crippen molar-refractivity contribution in [1.82, 2.24) is 5.32 Å². The summed E-state index contributed by atoms with van der Waals surface area (Å²) in [7, 11) is 0. The first-order chi connectivity index (χ1) is 10.0. The number of carbonyl (C=O) groups excluding carboxylic acids is 1. The zero-order valence-corrected chi connectivity index (χ0v) is 12.7. The fourth-order valence-corrected chi connectivity index (χ4v) is 3.30. The molecule has 6 heteroatoms. The van der Waals surface area contributed by atoms with E-state index >= 15 is 0 Å². The Labute approximate surface area is 125 Å². The van der Waals surface area contributed by atoms with E-state index in [1.807, 2.05) is 6.92 Å². The van der Waals surface area contributed by atoms with Crippen LogP contribution in [-0.4, -0.2) is 48.9 Å². The summed E-state index contributed by atoms with van der Waals surface area (Å²) >= 11 is 0. The van der Waals surface area contributed by atoms with E-state index in [2.05, 4.69) is 5.32 Å². The second kappa shape index (κ2) is 6.75. The van der Waals surface area contributed by atoms with Crippen molar-refractivity contribution in [3.05, 3.63) is 0 Å². The fourth-order valence-electron chi connectivity index (χ4n) is 3.30. The molecule has 0 aromatic heterocycles. The quantitative estimate of drug-likeness (QED) is 0.773. The Morgan fingerprint density at radius 3 is 2.33 bits per heavy atom. The second-order valence-corrected chi connectivity index (χ2v) is 6.01. The van der Waals surface area contributed by atoms with Gasteiger partial charge >= 0.3 is 5.97 Å². The highest BCUT2D eigenvalue weighted by Crippen LogP contribution is 2.35. The molecule has 2 N–H and O–H groups in total. The number of hydrogen-bond acceptors (Lipinski definition) is 4. The lowest BCUT2D eigenvalue weighted by Gasteiger charge is -2.35. The van der Waals surface area contributed by atoms with E-state index in [-0.39, 0.29) is 12.5 Å². The number of amides is 1. The normalized spacial score (nSPS) is 23.7. The van der Waals surface area contributed by atoms with Crippen LogP contribution in [0.5, 0.6) is 0 Å². The average Bonchev–Trinajstić information content (AvgIpc) is 2.96. The molecule has 2 rings (SSSR count). The third-order valence-electron chi connectivity index (χ3n) is 4.74. The minimum absolute atomic E-state index is 0.152. The fraction of sp³-hybridized carbons (Fsp3) is 0.867. The largest absolute Gasteiger partial charge is 0.481 e. The molecule has 1 amide bonds. The number of hydrogen-bond donors (Lipinski definition) is 2. The maximum Gasteiger partial charge on any atom is 0.311 e. The van der Waals surface area contributed by atoms with Crippen LogP contribution in [0.1, 0.15) is 45.4 Å².